The molecule has 2 heterocycles. The van der Waals surface area contributed by atoms with Crippen LogP contribution in [0.15, 0.2) is 42.6 Å². The topological polar surface area (TPSA) is 80.8 Å². The summed E-state index contributed by atoms with van der Waals surface area (Å²) in [7, 11) is 0. The molecule has 2 unspecified atom stereocenters. The third-order valence-electron chi connectivity index (χ3n) is 7.64. The second-order valence-corrected chi connectivity index (χ2v) is 12.0. The SMILES string of the molecule is CC(C)(C)OC(=O)N1CCC(NC(=O)c2ccnc(OC3CCCCC(c4ccc(C(F)(F)F)cc4)CC3)c2)CC1. The number of benzene rings is 1. The van der Waals surface area contributed by atoms with Gasteiger partial charge < -0.3 is 19.7 Å². The fourth-order valence-corrected chi connectivity index (χ4v) is 5.42. The maximum Gasteiger partial charge on any atom is 0.416 e. The van der Waals surface area contributed by atoms with Crippen molar-refractivity contribution in [3.05, 3.63) is 59.3 Å². The first-order valence-electron chi connectivity index (χ1n) is 14.5. The summed E-state index contributed by atoms with van der Waals surface area (Å²) in [6.07, 6.45) is 3.34. The fraction of sp³-hybridized carbons (Fsp3) is 0.581. The lowest BCUT2D eigenvalue weighted by Crippen LogP contribution is -2.47. The number of alkyl halides is 3. The van der Waals surface area contributed by atoms with Crippen LogP contribution in [0.5, 0.6) is 5.88 Å². The molecular weight excluding hydrogens is 535 g/mol. The summed E-state index contributed by atoms with van der Waals surface area (Å²) in [6, 6.07) is 8.76. The first-order valence-corrected chi connectivity index (χ1v) is 14.5. The van der Waals surface area contributed by atoms with Crippen LogP contribution in [0.1, 0.15) is 99.5 Å². The van der Waals surface area contributed by atoms with Gasteiger partial charge in [-0.3, -0.25) is 4.79 Å². The molecule has 1 aromatic heterocycles. The van der Waals surface area contributed by atoms with Crippen molar-refractivity contribution in [2.75, 3.05) is 13.1 Å². The first-order chi connectivity index (χ1) is 19.4. The van der Waals surface area contributed by atoms with Crippen LogP contribution in [0.2, 0.25) is 0 Å². The number of carbonyl (C=O) groups is 2. The van der Waals surface area contributed by atoms with Crippen LogP contribution in [0.4, 0.5) is 18.0 Å². The van der Waals surface area contributed by atoms with Gasteiger partial charge in [0.1, 0.15) is 11.7 Å². The highest BCUT2D eigenvalue weighted by Gasteiger charge is 2.31. The number of aromatic nitrogens is 1. The van der Waals surface area contributed by atoms with E-state index in [4.69, 9.17) is 9.47 Å². The zero-order valence-electron chi connectivity index (χ0n) is 24.0. The predicted molar refractivity (Wildman–Crippen MR) is 149 cm³/mol. The highest BCUT2D eigenvalue weighted by atomic mass is 19.4. The van der Waals surface area contributed by atoms with E-state index >= 15 is 0 Å². The number of pyridine rings is 1. The number of hydrogen-bond donors (Lipinski definition) is 1. The van der Waals surface area contributed by atoms with Crippen LogP contribution < -0.4 is 10.1 Å². The van der Waals surface area contributed by atoms with Gasteiger partial charge in [-0.15, -0.1) is 0 Å². The largest absolute Gasteiger partial charge is 0.474 e. The van der Waals surface area contributed by atoms with Gasteiger partial charge in [-0.2, -0.15) is 13.2 Å². The zero-order chi connectivity index (χ0) is 29.6. The number of likely N-dealkylation sites (tertiary alicyclic amines) is 1. The molecule has 2 fully saturated rings. The maximum atomic E-state index is 13.0. The van der Waals surface area contributed by atoms with E-state index in [9.17, 15) is 22.8 Å². The van der Waals surface area contributed by atoms with Gasteiger partial charge in [0.25, 0.3) is 5.91 Å². The lowest BCUT2D eigenvalue weighted by Gasteiger charge is -2.33. The van der Waals surface area contributed by atoms with Crippen LogP contribution in [0.25, 0.3) is 0 Å². The maximum absolute atomic E-state index is 13.0. The Bertz CT molecular complexity index is 1170. The van der Waals surface area contributed by atoms with Crippen molar-refractivity contribution >= 4 is 12.0 Å². The number of piperidine rings is 1. The molecule has 1 aromatic carbocycles. The summed E-state index contributed by atoms with van der Waals surface area (Å²) in [5.41, 5.74) is 0.201. The molecule has 2 atom stereocenters. The second kappa shape index (κ2) is 13.1. The summed E-state index contributed by atoms with van der Waals surface area (Å²) in [5.74, 6) is 0.345. The zero-order valence-corrected chi connectivity index (χ0v) is 24.0. The highest BCUT2D eigenvalue weighted by Crippen LogP contribution is 2.35. The molecule has 0 bridgehead atoms. The molecule has 10 heteroatoms. The van der Waals surface area contributed by atoms with Crippen molar-refractivity contribution in [2.24, 2.45) is 0 Å². The summed E-state index contributed by atoms with van der Waals surface area (Å²) >= 11 is 0. The molecule has 7 nitrogen and oxygen atoms in total. The molecule has 1 saturated heterocycles. The lowest BCUT2D eigenvalue weighted by atomic mass is 9.85. The van der Waals surface area contributed by atoms with Crippen molar-refractivity contribution in [3.8, 4) is 5.88 Å². The Labute approximate surface area is 239 Å². The van der Waals surface area contributed by atoms with Gasteiger partial charge >= 0.3 is 12.3 Å². The quantitative estimate of drug-likeness (QED) is 0.411. The summed E-state index contributed by atoms with van der Waals surface area (Å²) in [6.45, 7) is 6.53. The normalized spacial score (nSPS) is 21.0. The Morgan fingerprint density at radius 3 is 2.27 bits per heavy atom. The first kappa shape index (κ1) is 30.7. The highest BCUT2D eigenvalue weighted by molar-refractivity contribution is 5.94. The molecule has 2 amide bonds. The third-order valence-corrected chi connectivity index (χ3v) is 7.64. The molecule has 1 N–H and O–H groups in total. The van der Waals surface area contributed by atoms with Crippen molar-refractivity contribution in [2.45, 2.75) is 102 Å². The van der Waals surface area contributed by atoms with E-state index in [-0.39, 0.29) is 30.1 Å². The van der Waals surface area contributed by atoms with Crippen LogP contribution in [-0.2, 0) is 10.9 Å². The van der Waals surface area contributed by atoms with Crippen LogP contribution in [0.3, 0.4) is 0 Å². The Kier molecular flexibility index (Phi) is 9.81. The van der Waals surface area contributed by atoms with Gasteiger partial charge in [0.2, 0.25) is 5.88 Å². The summed E-state index contributed by atoms with van der Waals surface area (Å²) < 4.78 is 50.5. The van der Waals surface area contributed by atoms with Gasteiger partial charge in [0, 0.05) is 37.0 Å². The lowest BCUT2D eigenvalue weighted by molar-refractivity contribution is -0.137. The molecule has 0 spiro atoms. The van der Waals surface area contributed by atoms with Crippen molar-refractivity contribution in [3.63, 3.8) is 0 Å². The van der Waals surface area contributed by atoms with E-state index in [1.165, 1.54) is 0 Å². The van der Waals surface area contributed by atoms with E-state index in [0.717, 1.165) is 56.2 Å². The Morgan fingerprint density at radius 2 is 1.61 bits per heavy atom. The van der Waals surface area contributed by atoms with E-state index in [1.54, 1.807) is 35.4 Å². The minimum absolute atomic E-state index is 0.0496. The monoisotopic (exact) mass is 575 g/mol. The van der Waals surface area contributed by atoms with Gasteiger partial charge in [0.05, 0.1) is 5.56 Å². The Balaban J connectivity index is 1.28. The van der Waals surface area contributed by atoms with E-state index in [2.05, 4.69) is 10.3 Å². The van der Waals surface area contributed by atoms with Crippen LogP contribution in [-0.4, -0.2) is 52.7 Å². The minimum Gasteiger partial charge on any atom is -0.474 e. The molecule has 0 radical (unpaired) electrons. The number of amides is 2. The molecule has 224 valence electrons. The van der Waals surface area contributed by atoms with Gasteiger partial charge in [0.15, 0.2) is 0 Å². The minimum atomic E-state index is -4.34. The Hall–Kier alpha value is -3.30. The smallest absolute Gasteiger partial charge is 0.416 e. The molecule has 1 aliphatic carbocycles. The fourth-order valence-electron chi connectivity index (χ4n) is 5.42. The van der Waals surface area contributed by atoms with E-state index < -0.39 is 17.3 Å². The van der Waals surface area contributed by atoms with E-state index in [0.29, 0.717) is 37.4 Å². The molecule has 41 heavy (non-hydrogen) atoms. The number of halogens is 3. The van der Waals surface area contributed by atoms with E-state index in [1.807, 2.05) is 20.8 Å². The molecule has 2 aliphatic rings. The third kappa shape index (κ3) is 9.10. The van der Waals surface area contributed by atoms with Crippen molar-refractivity contribution in [1.29, 1.82) is 0 Å². The average molecular weight is 576 g/mol. The number of hydrogen-bond acceptors (Lipinski definition) is 5. The number of nitrogens with one attached hydrogen (secondary N) is 1. The molecule has 1 saturated carbocycles. The standard InChI is InChI=1S/C31H40F3N3O4/c1-30(2,3)41-29(39)37-18-15-25(16-19-37)36-28(38)23-14-17-35-27(20-23)40-26-7-5-4-6-21(10-13-26)22-8-11-24(12-9-22)31(32,33)34/h8-9,11-12,14,17,20-21,25-26H,4-7,10,13,15-16,18-19H2,1-3H3,(H,36,38). The molecular formula is C31H40F3N3O4. The molecule has 2 aromatic rings. The van der Waals surface area contributed by atoms with Crippen molar-refractivity contribution in [1.82, 2.24) is 15.2 Å². The number of carbonyl (C=O) groups excluding carboxylic acids is 2. The molecule has 4 rings (SSSR count). The Morgan fingerprint density at radius 1 is 0.927 bits per heavy atom. The summed E-state index contributed by atoms with van der Waals surface area (Å²) in [4.78, 5) is 31.3. The number of nitrogens with zero attached hydrogens (tertiary/aromatic N) is 2. The molecule has 1 aliphatic heterocycles. The summed E-state index contributed by atoms with van der Waals surface area (Å²) in [5, 5.41) is 3.06. The van der Waals surface area contributed by atoms with Crippen LogP contribution in [0, 0.1) is 0 Å². The average Bonchev–Trinajstić information content (AvgIpc) is 2.89. The van der Waals surface area contributed by atoms with Crippen LogP contribution >= 0.6 is 0 Å². The second-order valence-electron chi connectivity index (χ2n) is 12.0. The number of ether oxygens (including phenoxy) is 2. The predicted octanol–water partition coefficient (Wildman–Crippen LogP) is 7.12. The van der Waals surface area contributed by atoms with Gasteiger partial charge in [-0.25, -0.2) is 9.78 Å². The number of rotatable bonds is 5. The van der Waals surface area contributed by atoms with Gasteiger partial charge in [-0.1, -0.05) is 18.6 Å². The van der Waals surface area contributed by atoms with Crippen molar-refractivity contribution < 1.29 is 32.2 Å². The van der Waals surface area contributed by atoms with Gasteiger partial charge in [-0.05, 0) is 95.4 Å².